The molecule has 0 aliphatic heterocycles. The van der Waals surface area contributed by atoms with Gasteiger partial charge < -0.3 is 0 Å². The SMILES string of the molecule is FC(F)(F)c1ccc(Sc2nc(Br)cs2)nc1. The average Bonchev–Trinajstić information content (AvgIpc) is 2.63. The Morgan fingerprint density at radius 3 is 2.53 bits per heavy atom. The first-order chi connectivity index (χ1) is 7.95. The number of rotatable bonds is 2. The minimum Gasteiger partial charge on any atom is -0.249 e. The van der Waals surface area contributed by atoms with Crippen LogP contribution < -0.4 is 0 Å². The predicted octanol–water partition coefficient (Wildman–Crippen LogP) is 4.47. The first-order valence-corrected chi connectivity index (χ1v) is 6.76. The van der Waals surface area contributed by atoms with E-state index in [0.29, 0.717) is 9.63 Å². The Kier molecular flexibility index (Phi) is 3.74. The number of hydrogen-bond acceptors (Lipinski definition) is 4. The van der Waals surface area contributed by atoms with E-state index in [1.54, 1.807) is 5.38 Å². The highest BCUT2D eigenvalue weighted by atomic mass is 79.9. The van der Waals surface area contributed by atoms with E-state index >= 15 is 0 Å². The van der Waals surface area contributed by atoms with Crippen molar-refractivity contribution in [2.75, 3.05) is 0 Å². The fourth-order valence-corrected chi connectivity index (χ4v) is 3.24. The van der Waals surface area contributed by atoms with E-state index in [1.165, 1.54) is 29.2 Å². The molecule has 0 atom stereocenters. The number of alkyl halides is 3. The summed E-state index contributed by atoms with van der Waals surface area (Å²) in [4.78, 5) is 7.86. The summed E-state index contributed by atoms with van der Waals surface area (Å²) < 4.78 is 38.3. The molecule has 2 aromatic rings. The van der Waals surface area contributed by atoms with Crippen molar-refractivity contribution >= 4 is 39.0 Å². The third-order valence-electron chi connectivity index (χ3n) is 1.71. The summed E-state index contributed by atoms with van der Waals surface area (Å²) in [7, 11) is 0. The molecule has 0 N–H and O–H groups in total. The highest BCUT2D eigenvalue weighted by molar-refractivity contribution is 9.10. The lowest BCUT2D eigenvalue weighted by Crippen LogP contribution is -2.04. The average molecular weight is 341 g/mol. The zero-order valence-corrected chi connectivity index (χ0v) is 11.3. The van der Waals surface area contributed by atoms with Crippen molar-refractivity contribution in [2.24, 2.45) is 0 Å². The first kappa shape index (κ1) is 12.8. The monoisotopic (exact) mass is 340 g/mol. The summed E-state index contributed by atoms with van der Waals surface area (Å²) in [6.45, 7) is 0. The molecule has 2 nitrogen and oxygen atoms in total. The third-order valence-corrected chi connectivity index (χ3v) is 4.31. The van der Waals surface area contributed by atoms with Gasteiger partial charge >= 0.3 is 6.18 Å². The lowest BCUT2D eigenvalue weighted by Gasteiger charge is -2.05. The van der Waals surface area contributed by atoms with Crippen LogP contribution in [0.5, 0.6) is 0 Å². The molecule has 0 saturated heterocycles. The van der Waals surface area contributed by atoms with E-state index in [-0.39, 0.29) is 0 Å². The molecule has 0 radical (unpaired) electrons. The van der Waals surface area contributed by atoms with Crippen LogP contribution in [0.25, 0.3) is 0 Å². The molecule has 0 aliphatic rings. The third kappa shape index (κ3) is 3.43. The Hall–Kier alpha value is -0.600. The molecule has 0 bridgehead atoms. The Labute approximate surface area is 111 Å². The Morgan fingerprint density at radius 2 is 2.06 bits per heavy atom. The van der Waals surface area contributed by atoms with Crippen LogP contribution in [-0.2, 0) is 6.18 Å². The van der Waals surface area contributed by atoms with Gasteiger partial charge in [0.25, 0.3) is 0 Å². The second-order valence-electron chi connectivity index (χ2n) is 2.92. The van der Waals surface area contributed by atoms with Crippen molar-refractivity contribution in [3.05, 3.63) is 33.9 Å². The van der Waals surface area contributed by atoms with E-state index in [9.17, 15) is 13.2 Å². The van der Waals surface area contributed by atoms with E-state index in [2.05, 4.69) is 25.9 Å². The van der Waals surface area contributed by atoms with Crippen molar-refractivity contribution in [3.63, 3.8) is 0 Å². The van der Waals surface area contributed by atoms with Crippen LogP contribution in [0.3, 0.4) is 0 Å². The van der Waals surface area contributed by atoms with Gasteiger partial charge in [-0.15, -0.1) is 11.3 Å². The van der Waals surface area contributed by atoms with Crippen LogP contribution >= 0.6 is 39.0 Å². The van der Waals surface area contributed by atoms with E-state index < -0.39 is 11.7 Å². The van der Waals surface area contributed by atoms with Gasteiger partial charge in [0, 0.05) is 11.6 Å². The maximum absolute atomic E-state index is 12.3. The molecule has 0 spiro atoms. The molecule has 0 saturated carbocycles. The number of pyridine rings is 1. The molecular weight excluding hydrogens is 337 g/mol. The van der Waals surface area contributed by atoms with Gasteiger partial charge in [0.15, 0.2) is 4.34 Å². The Morgan fingerprint density at radius 1 is 1.29 bits per heavy atom. The Bertz CT molecular complexity index is 510. The van der Waals surface area contributed by atoms with Crippen molar-refractivity contribution in [3.8, 4) is 0 Å². The van der Waals surface area contributed by atoms with Crippen LogP contribution in [0.15, 0.2) is 37.7 Å². The van der Waals surface area contributed by atoms with Crippen LogP contribution in [0, 0.1) is 0 Å². The van der Waals surface area contributed by atoms with Crippen molar-refractivity contribution in [2.45, 2.75) is 15.5 Å². The number of nitrogens with zero attached hydrogens (tertiary/aromatic N) is 2. The van der Waals surface area contributed by atoms with E-state index in [4.69, 9.17) is 0 Å². The topological polar surface area (TPSA) is 25.8 Å². The summed E-state index contributed by atoms with van der Waals surface area (Å²) in [5.74, 6) is 0. The lowest BCUT2D eigenvalue weighted by molar-refractivity contribution is -0.137. The highest BCUT2D eigenvalue weighted by Gasteiger charge is 2.30. The number of hydrogen-bond donors (Lipinski definition) is 0. The number of halogens is 4. The van der Waals surface area contributed by atoms with Gasteiger partial charge in [-0.25, -0.2) is 9.97 Å². The predicted molar refractivity (Wildman–Crippen MR) is 63.2 cm³/mol. The molecule has 2 aromatic heterocycles. The molecule has 8 heteroatoms. The number of thiazole rings is 1. The van der Waals surface area contributed by atoms with Crippen LogP contribution in [0.1, 0.15) is 5.56 Å². The fourth-order valence-electron chi connectivity index (χ4n) is 0.984. The molecular formula is C9H4BrF3N2S2. The molecule has 2 heterocycles. The van der Waals surface area contributed by atoms with E-state index in [1.807, 2.05) is 0 Å². The van der Waals surface area contributed by atoms with Gasteiger partial charge in [0.1, 0.15) is 9.63 Å². The smallest absolute Gasteiger partial charge is 0.249 e. The molecule has 0 amide bonds. The zero-order chi connectivity index (χ0) is 12.5. The van der Waals surface area contributed by atoms with E-state index in [0.717, 1.165) is 16.6 Å². The largest absolute Gasteiger partial charge is 0.417 e. The summed E-state index contributed by atoms with van der Waals surface area (Å²) in [5, 5.41) is 2.28. The highest BCUT2D eigenvalue weighted by Crippen LogP contribution is 2.33. The quantitative estimate of drug-likeness (QED) is 0.806. The number of aromatic nitrogens is 2. The van der Waals surface area contributed by atoms with Gasteiger partial charge in [-0.05, 0) is 39.8 Å². The normalized spacial score (nSPS) is 11.8. The molecule has 17 heavy (non-hydrogen) atoms. The second-order valence-corrected chi connectivity index (χ2v) is 5.86. The maximum Gasteiger partial charge on any atom is 0.417 e. The summed E-state index contributed by atoms with van der Waals surface area (Å²) >= 11 is 5.82. The van der Waals surface area contributed by atoms with Crippen molar-refractivity contribution in [1.82, 2.24) is 9.97 Å². The van der Waals surface area contributed by atoms with Gasteiger partial charge in [-0.1, -0.05) is 0 Å². The molecule has 0 aliphatic carbocycles. The minimum atomic E-state index is -4.35. The van der Waals surface area contributed by atoms with Gasteiger partial charge in [0.2, 0.25) is 0 Å². The van der Waals surface area contributed by atoms with Gasteiger partial charge in [-0.2, -0.15) is 13.2 Å². The van der Waals surface area contributed by atoms with Crippen molar-refractivity contribution < 1.29 is 13.2 Å². The first-order valence-electron chi connectivity index (χ1n) is 4.27. The standard InChI is InChI=1S/C9H4BrF3N2S2/c10-6-4-16-8(15-6)17-7-2-1-5(3-14-7)9(11,12)13/h1-4H. The lowest BCUT2D eigenvalue weighted by atomic mass is 10.3. The Balaban J connectivity index is 2.13. The summed E-state index contributed by atoms with van der Waals surface area (Å²) in [6.07, 6.45) is -3.52. The molecule has 0 fully saturated rings. The van der Waals surface area contributed by atoms with Crippen LogP contribution in [0.4, 0.5) is 13.2 Å². The summed E-state index contributed by atoms with van der Waals surface area (Å²) in [6, 6.07) is 2.35. The molecule has 0 aromatic carbocycles. The fraction of sp³-hybridized carbons (Fsp3) is 0.111. The zero-order valence-electron chi connectivity index (χ0n) is 8.03. The summed E-state index contributed by atoms with van der Waals surface area (Å²) in [5.41, 5.74) is -0.748. The molecule has 0 unspecified atom stereocenters. The van der Waals surface area contributed by atoms with Crippen LogP contribution in [0.2, 0.25) is 0 Å². The van der Waals surface area contributed by atoms with Crippen molar-refractivity contribution in [1.29, 1.82) is 0 Å². The van der Waals surface area contributed by atoms with Gasteiger partial charge in [0.05, 0.1) is 5.56 Å². The second kappa shape index (κ2) is 4.95. The minimum absolute atomic E-state index is 0.486. The van der Waals surface area contributed by atoms with Crippen LogP contribution in [-0.4, -0.2) is 9.97 Å². The molecule has 90 valence electrons. The van der Waals surface area contributed by atoms with Gasteiger partial charge in [-0.3, -0.25) is 0 Å². The molecule has 2 rings (SSSR count). The maximum atomic E-state index is 12.3.